The van der Waals surface area contributed by atoms with Crippen molar-refractivity contribution in [3.05, 3.63) is 35.5 Å². The lowest BCUT2D eigenvalue weighted by atomic mass is 10.1. The lowest BCUT2D eigenvalue weighted by Gasteiger charge is -2.01. The van der Waals surface area contributed by atoms with Crippen molar-refractivity contribution in [2.75, 3.05) is 12.3 Å². The first-order valence-corrected chi connectivity index (χ1v) is 8.16. The van der Waals surface area contributed by atoms with Gasteiger partial charge in [0, 0.05) is 24.2 Å². The van der Waals surface area contributed by atoms with Crippen LogP contribution in [0, 0.1) is 12.7 Å². The molecule has 1 aromatic carbocycles. The maximum atomic E-state index is 13.3. The Labute approximate surface area is 136 Å². The van der Waals surface area contributed by atoms with Crippen molar-refractivity contribution in [1.82, 2.24) is 15.5 Å². The van der Waals surface area contributed by atoms with E-state index in [-0.39, 0.29) is 18.1 Å². The molecule has 0 saturated heterocycles. The summed E-state index contributed by atoms with van der Waals surface area (Å²) in [6, 6.07) is 4.62. The number of hydrogen-bond donors (Lipinski definition) is 1. The van der Waals surface area contributed by atoms with Crippen molar-refractivity contribution in [3.63, 3.8) is 0 Å². The molecule has 1 aliphatic heterocycles. The van der Waals surface area contributed by atoms with Crippen LogP contribution in [0.3, 0.4) is 0 Å². The van der Waals surface area contributed by atoms with Gasteiger partial charge < -0.3 is 9.84 Å². The highest BCUT2D eigenvalue weighted by Gasteiger charge is 2.14. The SMILES string of the molecule is Cc1cc(-c2noc(CCC(=O)NC3=NCCS3)n2)ccc1F. The van der Waals surface area contributed by atoms with Crippen molar-refractivity contribution >= 4 is 22.8 Å². The molecule has 1 aromatic heterocycles. The number of nitrogens with zero attached hydrogens (tertiary/aromatic N) is 3. The maximum Gasteiger partial charge on any atom is 0.227 e. The molecule has 1 N–H and O–H groups in total. The number of benzene rings is 1. The molecule has 0 aliphatic carbocycles. The normalized spacial score (nSPS) is 13.9. The van der Waals surface area contributed by atoms with Crippen LogP contribution in [0.15, 0.2) is 27.7 Å². The number of aliphatic imine (C=N–C) groups is 1. The minimum Gasteiger partial charge on any atom is -0.339 e. The highest BCUT2D eigenvalue weighted by molar-refractivity contribution is 8.14. The topological polar surface area (TPSA) is 80.4 Å². The lowest BCUT2D eigenvalue weighted by molar-refractivity contribution is -0.119. The van der Waals surface area contributed by atoms with Gasteiger partial charge in [-0.25, -0.2) is 4.39 Å². The first-order chi connectivity index (χ1) is 11.1. The Morgan fingerprint density at radius 1 is 1.48 bits per heavy atom. The van der Waals surface area contributed by atoms with Crippen LogP contribution in [-0.2, 0) is 11.2 Å². The number of thioether (sulfide) groups is 1. The maximum absolute atomic E-state index is 13.3. The third kappa shape index (κ3) is 3.95. The molecular formula is C15H15FN4O2S. The molecule has 8 heteroatoms. The lowest BCUT2D eigenvalue weighted by Crippen LogP contribution is -2.27. The van der Waals surface area contributed by atoms with E-state index in [0.717, 1.165) is 12.3 Å². The van der Waals surface area contributed by atoms with Crippen LogP contribution in [0.2, 0.25) is 0 Å². The number of aromatic nitrogens is 2. The van der Waals surface area contributed by atoms with E-state index in [9.17, 15) is 9.18 Å². The zero-order valence-corrected chi connectivity index (χ0v) is 13.3. The number of nitrogens with one attached hydrogen (secondary N) is 1. The second-order valence-electron chi connectivity index (χ2n) is 5.06. The van der Waals surface area contributed by atoms with Crippen LogP contribution >= 0.6 is 11.8 Å². The standard InChI is InChI=1S/C15H15FN4O2S/c1-9-8-10(2-3-11(9)16)14-19-13(22-20-14)5-4-12(21)18-15-17-6-7-23-15/h2-3,8H,4-7H2,1H3,(H,17,18,21). The predicted octanol–water partition coefficient (Wildman–Crippen LogP) is 2.34. The number of carbonyl (C=O) groups excluding carboxylic acids is 1. The Hall–Kier alpha value is -2.22. The molecular weight excluding hydrogens is 319 g/mol. The zero-order valence-electron chi connectivity index (χ0n) is 12.5. The number of amidine groups is 1. The number of halogens is 1. The van der Waals surface area contributed by atoms with E-state index in [4.69, 9.17) is 4.52 Å². The molecule has 6 nitrogen and oxygen atoms in total. The summed E-state index contributed by atoms with van der Waals surface area (Å²) in [4.78, 5) is 20.2. The average molecular weight is 334 g/mol. The largest absolute Gasteiger partial charge is 0.339 e. The van der Waals surface area contributed by atoms with Crippen LogP contribution in [0.25, 0.3) is 11.4 Å². The second-order valence-corrected chi connectivity index (χ2v) is 6.14. The van der Waals surface area contributed by atoms with E-state index in [1.165, 1.54) is 17.8 Å². The molecule has 0 spiro atoms. The molecule has 0 atom stereocenters. The fraction of sp³-hybridized carbons (Fsp3) is 0.333. The summed E-state index contributed by atoms with van der Waals surface area (Å²) in [5.41, 5.74) is 1.20. The molecule has 0 radical (unpaired) electrons. The summed E-state index contributed by atoms with van der Waals surface area (Å²) < 4.78 is 18.4. The Morgan fingerprint density at radius 3 is 3.09 bits per heavy atom. The van der Waals surface area contributed by atoms with Crippen molar-refractivity contribution < 1.29 is 13.7 Å². The fourth-order valence-corrected chi connectivity index (χ4v) is 2.81. The first kappa shape index (κ1) is 15.7. The first-order valence-electron chi connectivity index (χ1n) is 7.18. The van der Waals surface area contributed by atoms with Crippen molar-refractivity contribution in [3.8, 4) is 11.4 Å². The highest BCUT2D eigenvalue weighted by Crippen LogP contribution is 2.19. The van der Waals surface area contributed by atoms with Crippen LogP contribution in [0.4, 0.5) is 4.39 Å². The third-order valence-electron chi connectivity index (χ3n) is 3.28. The zero-order chi connectivity index (χ0) is 16.2. The number of amides is 1. The number of aryl methyl sites for hydroxylation is 2. The summed E-state index contributed by atoms with van der Waals surface area (Å²) in [5.74, 6) is 1.26. The molecule has 120 valence electrons. The number of carbonyl (C=O) groups is 1. The van der Waals surface area contributed by atoms with Gasteiger partial charge in [0.25, 0.3) is 0 Å². The van der Waals surface area contributed by atoms with Gasteiger partial charge in [-0.3, -0.25) is 9.79 Å². The number of rotatable bonds is 4. The molecule has 2 aromatic rings. The molecule has 0 bridgehead atoms. The smallest absolute Gasteiger partial charge is 0.227 e. The van der Waals surface area contributed by atoms with E-state index in [0.29, 0.717) is 34.4 Å². The highest BCUT2D eigenvalue weighted by atomic mass is 32.2. The minimum atomic E-state index is -0.276. The molecule has 3 rings (SSSR count). The average Bonchev–Trinajstić information content (AvgIpc) is 3.19. The van der Waals surface area contributed by atoms with Gasteiger partial charge in [-0.05, 0) is 30.7 Å². The van der Waals surface area contributed by atoms with E-state index in [2.05, 4.69) is 20.4 Å². The predicted molar refractivity (Wildman–Crippen MR) is 85.7 cm³/mol. The monoisotopic (exact) mass is 334 g/mol. The summed E-state index contributed by atoms with van der Waals surface area (Å²) in [7, 11) is 0. The Kier molecular flexibility index (Phi) is 4.71. The van der Waals surface area contributed by atoms with Crippen LogP contribution in [0.1, 0.15) is 17.9 Å². The van der Waals surface area contributed by atoms with Gasteiger partial charge in [-0.1, -0.05) is 16.9 Å². The second kappa shape index (κ2) is 6.91. The van der Waals surface area contributed by atoms with E-state index < -0.39 is 0 Å². The van der Waals surface area contributed by atoms with Crippen LogP contribution in [-0.4, -0.2) is 33.5 Å². The molecule has 0 saturated carbocycles. The molecule has 23 heavy (non-hydrogen) atoms. The van der Waals surface area contributed by atoms with Crippen LogP contribution < -0.4 is 5.32 Å². The quantitative estimate of drug-likeness (QED) is 0.928. The molecule has 2 heterocycles. The van der Waals surface area contributed by atoms with Gasteiger partial charge in [0.15, 0.2) is 5.17 Å². The molecule has 0 fully saturated rings. The third-order valence-corrected chi connectivity index (χ3v) is 4.17. The van der Waals surface area contributed by atoms with E-state index in [1.54, 1.807) is 19.1 Å². The summed E-state index contributed by atoms with van der Waals surface area (Å²) >= 11 is 1.53. The Bertz CT molecular complexity index is 760. The van der Waals surface area contributed by atoms with Crippen molar-refractivity contribution in [1.29, 1.82) is 0 Å². The van der Waals surface area contributed by atoms with E-state index >= 15 is 0 Å². The van der Waals surface area contributed by atoms with Crippen molar-refractivity contribution in [2.45, 2.75) is 19.8 Å². The van der Waals surface area contributed by atoms with E-state index in [1.807, 2.05) is 0 Å². The van der Waals surface area contributed by atoms with Gasteiger partial charge in [-0.15, -0.1) is 0 Å². The Morgan fingerprint density at radius 2 is 2.35 bits per heavy atom. The van der Waals surface area contributed by atoms with Gasteiger partial charge in [0.1, 0.15) is 5.82 Å². The molecule has 1 aliphatic rings. The number of hydrogen-bond acceptors (Lipinski definition) is 6. The summed E-state index contributed by atoms with van der Waals surface area (Å²) in [5, 5.41) is 7.28. The summed E-state index contributed by atoms with van der Waals surface area (Å²) in [6.45, 7) is 2.41. The van der Waals surface area contributed by atoms with Crippen molar-refractivity contribution in [2.24, 2.45) is 4.99 Å². The minimum absolute atomic E-state index is 0.129. The van der Waals surface area contributed by atoms with Crippen LogP contribution in [0.5, 0.6) is 0 Å². The fourth-order valence-electron chi connectivity index (χ4n) is 2.07. The van der Waals surface area contributed by atoms with Gasteiger partial charge >= 0.3 is 0 Å². The molecule has 1 amide bonds. The van der Waals surface area contributed by atoms with Gasteiger partial charge in [0.2, 0.25) is 17.6 Å². The van der Waals surface area contributed by atoms with Gasteiger partial charge in [0.05, 0.1) is 6.54 Å². The van der Waals surface area contributed by atoms with Gasteiger partial charge in [-0.2, -0.15) is 4.98 Å². The summed E-state index contributed by atoms with van der Waals surface area (Å²) in [6.07, 6.45) is 0.584. The molecule has 0 unspecified atom stereocenters. The Balaban J connectivity index is 1.58.